The predicted molar refractivity (Wildman–Crippen MR) is 47.8 cm³/mol. The summed E-state index contributed by atoms with van der Waals surface area (Å²) in [5, 5.41) is 0. The van der Waals surface area contributed by atoms with Crippen molar-refractivity contribution < 1.29 is 9.53 Å². The largest absolute Gasteiger partial charge is 0.462 e. The standard InChI is InChI=1S/C10H16O2/c1-3-4-5-8(2)9-6-7-12-10(9)11/h3-7H2,1-2H3/b9-8-. The molecule has 2 nitrogen and oxygen atoms in total. The van der Waals surface area contributed by atoms with Crippen molar-refractivity contribution in [3.63, 3.8) is 0 Å². The lowest BCUT2D eigenvalue weighted by molar-refractivity contribution is -0.135. The Kier molecular flexibility index (Phi) is 3.32. The number of carbonyl (C=O) groups excluding carboxylic acids is 1. The molecule has 0 bridgehead atoms. The molecule has 0 spiro atoms. The summed E-state index contributed by atoms with van der Waals surface area (Å²) in [5.41, 5.74) is 2.14. The van der Waals surface area contributed by atoms with E-state index < -0.39 is 0 Å². The van der Waals surface area contributed by atoms with E-state index in [1.807, 2.05) is 6.92 Å². The monoisotopic (exact) mass is 168 g/mol. The third kappa shape index (κ3) is 2.10. The zero-order chi connectivity index (χ0) is 8.97. The lowest BCUT2D eigenvalue weighted by Crippen LogP contribution is -1.97. The highest BCUT2D eigenvalue weighted by molar-refractivity contribution is 5.91. The van der Waals surface area contributed by atoms with Gasteiger partial charge in [0.1, 0.15) is 0 Å². The Morgan fingerprint density at radius 1 is 1.58 bits per heavy atom. The van der Waals surface area contributed by atoms with Crippen LogP contribution in [0.5, 0.6) is 0 Å². The van der Waals surface area contributed by atoms with E-state index in [9.17, 15) is 4.79 Å². The molecule has 0 saturated carbocycles. The molecule has 1 aliphatic heterocycles. The van der Waals surface area contributed by atoms with Crippen molar-refractivity contribution in [2.24, 2.45) is 0 Å². The molecule has 1 saturated heterocycles. The normalized spacial score (nSPS) is 21.0. The molecule has 1 aliphatic rings. The molecule has 0 aromatic rings. The lowest BCUT2D eigenvalue weighted by atomic mass is 10.0. The third-order valence-corrected chi connectivity index (χ3v) is 2.25. The van der Waals surface area contributed by atoms with Gasteiger partial charge in [-0.3, -0.25) is 0 Å². The van der Waals surface area contributed by atoms with Crippen LogP contribution in [-0.4, -0.2) is 12.6 Å². The Hall–Kier alpha value is -0.790. The molecule has 0 aliphatic carbocycles. The van der Waals surface area contributed by atoms with E-state index in [0.29, 0.717) is 6.61 Å². The number of carbonyl (C=O) groups is 1. The van der Waals surface area contributed by atoms with Crippen LogP contribution in [0.15, 0.2) is 11.1 Å². The molecular formula is C10H16O2. The maximum absolute atomic E-state index is 11.1. The second kappa shape index (κ2) is 4.29. The van der Waals surface area contributed by atoms with Gasteiger partial charge in [-0.2, -0.15) is 0 Å². The smallest absolute Gasteiger partial charge is 0.334 e. The second-order valence-corrected chi connectivity index (χ2v) is 3.25. The van der Waals surface area contributed by atoms with Crippen LogP contribution in [0.2, 0.25) is 0 Å². The predicted octanol–water partition coefficient (Wildman–Crippen LogP) is 2.44. The van der Waals surface area contributed by atoms with Gasteiger partial charge in [-0.15, -0.1) is 0 Å². The Morgan fingerprint density at radius 2 is 2.33 bits per heavy atom. The van der Waals surface area contributed by atoms with Crippen LogP contribution in [0.3, 0.4) is 0 Å². The number of cyclic esters (lactones) is 1. The van der Waals surface area contributed by atoms with Crippen LogP contribution in [-0.2, 0) is 9.53 Å². The van der Waals surface area contributed by atoms with Gasteiger partial charge in [0.2, 0.25) is 0 Å². The topological polar surface area (TPSA) is 26.3 Å². The first kappa shape index (κ1) is 9.30. The van der Waals surface area contributed by atoms with Crippen LogP contribution < -0.4 is 0 Å². The fourth-order valence-electron chi connectivity index (χ4n) is 1.42. The van der Waals surface area contributed by atoms with Crippen molar-refractivity contribution in [1.82, 2.24) is 0 Å². The summed E-state index contributed by atoms with van der Waals surface area (Å²) in [6.45, 7) is 4.78. The molecule has 1 fully saturated rings. The van der Waals surface area contributed by atoms with Gasteiger partial charge in [0, 0.05) is 12.0 Å². The minimum atomic E-state index is -0.0939. The summed E-state index contributed by atoms with van der Waals surface area (Å²) in [7, 11) is 0. The highest BCUT2D eigenvalue weighted by Gasteiger charge is 2.20. The average Bonchev–Trinajstić information content (AvgIpc) is 2.47. The van der Waals surface area contributed by atoms with E-state index in [2.05, 4.69) is 6.92 Å². The summed E-state index contributed by atoms with van der Waals surface area (Å²) in [6.07, 6.45) is 4.21. The Bertz CT molecular complexity index is 204. The van der Waals surface area contributed by atoms with Crippen LogP contribution in [0.4, 0.5) is 0 Å². The van der Waals surface area contributed by atoms with Crippen molar-refractivity contribution in [3.05, 3.63) is 11.1 Å². The fourth-order valence-corrected chi connectivity index (χ4v) is 1.42. The molecule has 0 aromatic heterocycles. The minimum Gasteiger partial charge on any atom is -0.462 e. The first-order valence-corrected chi connectivity index (χ1v) is 4.61. The van der Waals surface area contributed by atoms with E-state index in [0.717, 1.165) is 18.4 Å². The van der Waals surface area contributed by atoms with Crippen LogP contribution in [0.25, 0.3) is 0 Å². The number of unbranched alkanes of at least 4 members (excludes halogenated alkanes) is 1. The van der Waals surface area contributed by atoms with Gasteiger partial charge in [0.25, 0.3) is 0 Å². The van der Waals surface area contributed by atoms with Crippen molar-refractivity contribution in [2.45, 2.75) is 39.5 Å². The van der Waals surface area contributed by atoms with E-state index >= 15 is 0 Å². The maximum atomic E-state index is 11.1. The van der Waals surface area contributed by atoms with Crippen LogP contribution in [0.1, 0.15) is 39.5 Å². The average molecular weight is 168 g/mol. The minimum absolute atomic E-state index is 0.0939. The number of allylic oxidation sites excluding steroid dienone is 1. The highest BCUT2D eigenvalue weighted by atomic mass is 16.5. The molecule has 0 N–H and O–H groups in total. The Morgan fingerprint density at radius 3 is 2.83 bits per heavy atom. The van der Waals surface area contributed by atoms with Crippen molar-refractivity contribution in [3.8, 4) is 0 Å². The molecule has 1 rings (SSSR count). The molecular weight excluding hydrogens is 152 g/mol. The molecule has 0 aromatic carbocycles. The second-order valence-electron chi connectivity index (χ2n) is 3.25. The van der Waals surface area contributed by atoms with E-state index in [1.165, 1.54) is 18.4 Å². The zero-order valence-electron chi connectivity index (χ0n) is 7.85. The molecule has 0 atom stereocenters. The van der Waals surface area contributed by atoms with Gasteiger partial charge in [-0.25, -0.2) is 4.79 Å². The van der Waals surface area contributed by atoms with Crippen molar-refractivity contribution in [1.29, 1.82) is 0 Å². The van der Waals surface area contributed by atoms with Crippen LogP contribution >= 0.6 is 0 Å². The summed E-state index contributed by atoms with van der Waals surface area (Å²) in [4.78, 5) is 11.1. The van der Waals surface area contributed by atoms with Gasteiger partial charge in [-0.05, 0) is 19.8 Å². The molecule has 2 heteroatoms. The Labute approximate surface area is 73.6 Å². The molecule has 1 heterocycles. The van der Waals surface area contributed by atoms with Gasteiger partial charge < -0.3 is 4.74 Å². The first-order valence-electron chi connectivity index (χ1n) is 4.61. The number of hydrogen-bond donors (Lipinski definition) is 0. The van der Waals surface area contributed by atoms with E-state index in [1.54, 1.807) is 0 Å². The van der Waals surface area contributed by atoms with Crippen LogP contribution in [0, 0.1) is 0 Å². The quantitative estimate of drug-likeness (QED) is 0.478. The van der Waals surface area contributed by atoms with Crippen molar-refractivity contribution in [2.75, 3.05) is 6.61 Å². The summed E-state index contributed by atoms with van der Waals surface area (Å²) in [6, 6.07) is 0. The molecule has 0 radical (unpaired) electrons. The Balaban J connectivity index is 2.55. The summed E-state index contributed by atoms with van der Waals surface area (Å²) in [5.74, 6) is -0.0939. The van der Waals surface area contributed by atoms with Crippen molar-refractivity contribution >= 4 is 5.97 Å². The molecule has 0 unspecified atom stereocenters. The third-order valence-electron chi connectivity index (χ3n) is 2.25. The number of esters is 1. The van der Waals surface area contributed by atoms with Gasteiger partial charge in [0.15, 0.2) is 0 Å². The lowest BCUT2D eigenvalue weighted by Gasteiger charge is -2.01. The molecule has 12 heavy (non-hydrogen) atoms. The summed E-state index contributed by atoms with van der Waals surface area (Å²) < 4.78 is 4.87. The number of hydrogen-bond acceptors (Lipinski definition) is 2. The fraction of sp³-hybridized carbons (Fsp3) is 0.700. The maximum Gasteiger partial charge on any atom is 0.334 e. The first-order chi connectivity index (χ1) is 5.75. The summed E-state index contributed by atoms with van der Waals surface area (Å²) >= 11 is 0. The van der Waals surface area contributed by atoms with E-state index in [-0.39, 0.29) is 5.97 Å². The van der Waals surface area contributed by atoms with E-state index in [4.69, 9.17) is 4.74 Å². The molecule has 68 valence electrons. The number of rotatable bonds is 3. The zero-order valence-corrected chi connectivity index (χ0v) is 7.85. The SMILES string of the molecule is CCCC/C(C)=C1/CCOC1=O. The highest BCUT2D eigenvalue weighted by Crippen LogP contribution is 2.20. The molecule has 0 amide bonds. The van der Waals surface area contributed by atoms with Gasteiger partial charge >= 0.3 is 5.97 Å². The number of ether oxygens (including phenoxy) is 1. The van der Waals surface area contributed by atoms with Gasteiger partial charge in [-0.1, -0.05) is 18.9 Å². The van der Waals surface area contributed by atoms with Gasteiger partial charge in [0.05, 0.1) is 6.61 Å².